The van der Waals surface area contributed by atoms with Crippen LogP contribution in [0.3, 0.4) is 0 Å². The second kappa shape index (κ2) is 7.41. The highest BCUT2D eigenvalue weighted by Crippen LogP contribution is 2.29. The van der Waals surface area contributed by atoms with Crippen molar-refractivity contribution < 1.29 is 4.21 Å². The molecule has 0 bridgehead atoms. The molecular weight excluding hydrogens is 278 g/mol. The zero-order chi connectivity index (χ0) is 13.7. The van der Waals surface area contributed by atoms with Gasteiger partial charge in [0.25, 0.3) is 0 Å². The van der Waals surface area contributed by atoms with Gasteiger partial charge in [0.05, 0.1) is 10.8 Å². The monoisotopic (exact) mass is 299 g/mol. The van der Waals surface area contributed by atoms with Gasteiger partial charge in [-0.05, 0) is 56.0 Å². The van der Waals surface area contributed by atoms with E-state index in [0.717, 1.165) is 23.6 Å². The van der Waals surface area contributed by atoms with Crippen molar-refractivity contribution in [3.05, 3.63) is 29.3 Å². The van der Waals surface area contributed by atoms with E-state index in [-0.39, 0.29) is 0 Å². The summed E-state index contributed by atoms with van der Waals surface area (Å²) in [4.78, 5) is 0.891. The maximum absolute atomic E-state index is 12.2. The summed E-state index contributed by atoms with van der Waals surface area (Å²) in [6, 6.07) is 7.99. The fourth-order valence-electron chi connectivity index (χ4n) is 2.88. The lowest BCUT2D eigenvalue weighted by atomic mass is 10.0. The molecule has 1 N–H and O–H groups in total. The van der Waals surface area contributed by atoms with E-state index in [0.29, 0.717) is 17.0 Å². The second-order valence-corrected chi connectivity index (χ2v) is 7.15. The Balaban J connectivity index is 1.84. The molecule has 0 amide bonds. The molecule has 1 aromatic rings. The van der Waals surface area contributed by atoms with Crippen molar-refractivity contribution in [3.63, 3.8) is 0 Å². The first-order valence-electron chi connectivity index (χ1n) is 7.08. The molecule has 2 rings (SSSR count). The lowest BCUT2D eigenvalue weighted by Gasteiger charge is -2.20. The summed E-state index contributed by atoms with van der Waals surface area (Å²) in [6.45, 7) is 3.18. The quantitative estimate of drug-likeness (QED) is 0.869. The fourth-order valence-corrected chi connectivity index (χ4v) is 4.19. The van der Waals surface area contributed by atoms with Crippen molar-refractivity contribution in [1.82, 2.24) is 5.32 Å². The Hall–Kier alpha value is -0.380. The first-order valence-corrected chi connectivity index (χ1v) is 8.77. The van der Waals surface area contributed by atoms with Gasteiger partial charge in [-0.1, -0.05) is 24.9 Å². The molecule has 3 unspecified atom stereocenters. The SMILES string of the molecule is CCNC1CCCC1CCS(=O)c1ccc(Cl)cc1. The standard InChI is InChI=1S/C15H22ClNOS/c1-2-17-15-5-3-4-12(15)10-11-19(18)14-8-6-13(16)7-9-14/h6-9,12,15,17H,2-5,10-11H2,1H3. The van der Waals surface area contributed by atoms with Crippen molar-refractivity contribution in [1.29, 1.82) is 0 Å². The number of benzene rings is 1. The van der Waals surface area contributed by atoms with Crippen LogP contribution in [-0.2, 0) is 10.8 Å². The van der Waals surface area contributed by atoms with E-state index in [1.54, 1.807) is 0 Å². The van der Waals surface area contributed by atoms with Crippen molar-refractivity contribution in [2.75, 3.05) is 12.3 Å². The number of hydrogen-bond acceptors (Lipinski definition) is 2. The van der Waals surface area contributed by atoms with Crippen LogP contribution < -0.4 is 5.32 Å². The van der Waals surface area contributed by atoms with Crippen LogP contribution in [0.5, 0.6) is 0 Å². The summed E-state index contributed by atoms with van der Waals surface area (Å²) in [7, 11) is -0.893. The Morgan fingerprint density at radius 3 is 2.74 bits per heavy atom. The Kier molecular flexibility index (Phi) is 5.86. The minimum atomic E-state index is -0.893. The number of rotatable bonds is 6. The summed E-state index contributed by atoms with van der Waals surface area (Å²) in [5.74, 6) is 1.45. The van der Waals surface area contributed by atoms with E-state index in [9.17, 15) is 4.21 Å². The smallest absolute Gasteiger partial charge is 0.0529 e. The zero-order valence-electron chi connectivity index (χ0n) is 11.4. The summed E-state index contributed by atoms with van der Waals surface area (Å²) in [5, 5.41) is 4.25. The van der Waals surface area contributed by atoms with Crippen LogP contribution in [0, 0.1) is 5.92 Å². The predicted octanol–water partition coefficient (Wildman–Crippen LogP) is 3.62. The average Bonchev–Trinajstić information content (AvgIpc) is 2.85. The van der Waals surface area contributed by atoms with Gasteiger partial charge < -0.3 is 5.32 Å². The average molecular weight is 300 g/mol. The number of halogens is 1. The molecule has 1 saturated carbocycles. The van der Waals surface area contributed by atoms with Gasteiger partial charge in [0.2, 0.25) is 0 Å². The third kappa shape index (κ3) is 4.30. The van der Waals surface area contributed by atoms with E-state index in [1.165, 1.54) is 19.3 Å². The molecule has 0 aromatic heterocycles. The van der Waals surface area contributed by atoms with Crippen LogP contribution in [0.25, 0.3) is 0 Å². The first-order chi connectivity index (χ1) is 9.20. The lowest BCUT2D eigenvalue weighted by molar-refractivity contribution is 0.399. The van der Waals surface area contributed by atoms with Crippen LogP contribution >= 0.6 is 11.6 Å². The molecule has 106 valence electrons. The van der Waals surface area contributed by atoms with Crippen LogP contribution in [0.2, 0.25) is 5.02 Å². The summed E-state index contributed by atoms with van der Waals surface area (Å²) in [6.07, 6.45) is 4.89. The number of hydrogen-bond donors (Lipinski definition) is 1. The first kappa shape index (κ1) is 15.0. The van der Waals surface area contributed by atoms with Gasteiger partial charge in [0.15, 0.2) is 0 Å². The molecule has 0 saturated heterocycles. The van der Waals surface area contributed by atoms with E-state index < -0.39 is 10.8 Å². The predicted molar refractivity (Wildman–Crippen MR) is 82.2 cm³/mol. The molecule has 1 aromatic carbocycles. The van der Waals surface area contributed by atoms with E-state index in [1.807, 2.05) is 24.3 Å². The summed E-state index contributed by atoms with van der Waals surface area (Å²) < 4.78 is 12.2. The van der Waals surface area contributed by atoms with Crippen molar-refractivity contribution in [2.24, 2.45) is 5.92 Å². The summed E-state index contributed by atoms with van der Waals surface area (Å²) in [5.41, 5.74) is 0. The molecular formula is C15H22ClNOS. The minimum absolute atomic E-state index is 0.632. The second-order valence-electron chi connectivity index (χ2n) is 5.15. The third-order valence-electron chi connectivity index (χ3n) is 3.88. The molecule has 0 aliphatic heterocycles. The maximum atomic E-state index is 12.2. The maximum Gasteiger partial charge on any atom is 0.0529 e. The van der Waals surface area contributed by atoms with Gasteiger partial charge in [-0.25, -0.2) is 0 Å². The molecule has 19 heavy (non-hydrogen) atoms. The lowest BCUT2D eigenvalue weighted by Crippen LogP contribution is -2.32. The van der Waals surface area contributed by atoms with Crippen molar-refractivity contribution in [3.8, 4) is 0 Å². The van der Waals surface area contributed by atoms with Gasteiger partial charge in [0.1, 0.15) is 0 Å². The van der Waals surface area contributed by atoms with Crippen molar-refractivity contribution >= 4 is 22.4 Å². The molecule has 0 radical (unpaired) electrons. The molecule has 0 heterocycles. The van der Waals surface area contributed by atoms with Crippen LogP contribution in [0.4, 0.5) is 0 Å². The topological polar surface area (TPSA) is 29.1 Å². The molecule has 2 nitrogen and oxygen atoms in total. The highest BCUT2D eigenvalue weighted by molar-refractivity contribution is 7.85. The molecule has 1 aliphatic carbocycles. The highest BCUT2D eigenvalue weighted by Gasteiger charge is 2.26. The van der Waals surface area contributed by atoms with Gasteiger partial charge in [-0.3, -0.25) is 4.21 Å². The molecule has 4 heteroatoms. The molecule has 1 fully saturated rings. The highest BCUT2D eigenvalue weighted by atomic mass is 35.5. The molecule has 1 aliphatic rings. The van der Waals surface area contributed by atoms with Crippen LogP contribution in [0.1, 0.15) is 32.6 Å². The molecule has 0 spiro atoms. The minimum Gasteiger partial charge on any atom is -0.314 e. The Labute approximate surface area is 123 Å². The fraction of sp³-hybridized carbons (Fsp3) is 0.600. The number of nitrogens with one attached hydrogen (secondary N) is 1. The normalized spacial score (nSPS) is 24.5. The van der Waals surface area contributed by atoms with E-state index >= 15 is 0 Å². The summed E-state index contributed by atoms with van der Waals surface area (Å²) >= 11 is 5.84. The third-order valence-corrected chi connectivity index (χ3v) is 5.53. The van der Waals surface area contributed by atoms with Crippen LogP contribution in [0.15, 0.2) is 29.2 Å². The largest absolute Gasteiger partial charge is 0.314 e. The zero-order valence-corrected chi connectivity index (χ0v) is 13.0. The Morgan fingerprint density at radius 1 is 1.32 bits per heavy atom. The van der Waals surface area contributed by atoms with Gasteiger partial charge in [0, 0.05) is 21.7 Å². The van der Waals surface area contributed by atoms with Crippen LogP contribution in [-0.4, -0.2) is 22.5 Å². The Bertz CT molecular complexity index is 421. The van der Waals surface area contributed by atoms with E-state index in [2.05, 4.69) is 12.2 Å². The van der Waals surface area contributed by atoms with E-state index in [4.69, 9.17) is 11.6 Å². The van der Waals surface area contributed by atoms with Crippen molar-refractivity contribution in [2.45, 2.75) is 43.5 Å². The Morgan fingerprint density at radius 2 is 2.05 bits per heavy atom. The van der Waals surface area contributed by atoms with Gasteiger partial charge in [-0.2, -0.15) is 0 Å². The molecule has 3 atom stereocenters. The van der Waals surface area contributed by atoms with Gasteiger partial charge >= 0.3 is 0 Å². The van der Waals surface area contributed by atoms with Gasteiger partial charge in [-0.15, -0.1) is 0 Å².